The van der Waals surface area contributed by atoms with Crippen LogP contribution < -0.4 is 14.4 Å². The lowest BCUT2D eigenvalue weighted by molar-refractivity contribution is 0.247. The number of ether oxygens (including phenoxy) is 2. The van der Waals surface area contributed by atoms with Gasteiger partial charge in [0.2, 0.25) is 0 Å². The summed E-state index contributed by atoms with van der Waals surface area (Å²) in [5.74, 6) is 1.47. The van der Waals surface area contributed by atoms with Gasteiger partial charge in [0, 0.05) is 49.4 Å². The molecule has 1 aromatic heterocycles. The zero-order valence-corrected chi connectivity index (χ0v) is 19.0. The highest BCUT2D eigenvalue weighted by Crippen LogP contribution is 2.33. The summed E-state index contributed by atoms with van der Waals surface area (Å²) in [4.78, 5) is 9.88. The molecule has 0 radical (unpaired) electrons. The van der Waals surface area contributed by atoms with Gasteiger partial charge >= 0.3 is 0 Å². The first-order chi connectivity index (χ1) is 14.6. The Morgan fingerprint density at radius 3 is 2.47 bits per heavy atom. The summed E-state index contributed by atoms with van der Waals surface area (Å²) >= 11 is 1.68. The number of rotatable bonds is 6. The molecule has 158 valence electrons. The summed E-state index contributed by atoms with van der Waals surface area (Å²) in [5.41, 5.74) is 6.32. The number of aromatic nitrogens is 1. The first-order valence-electron chi connectivity index (χ1n) is 10.3. The average molecular weight is 424 g/mol. The van der Waals surface area contributed by atoms with Crippen LogP contribution in [0.15, 0.2) is 41.8 Å². The molecule has 3 aromatic rings. The maximum atomic E-state index is 5.43. The van der Waals surface area contributed by atoms with Crippen molar-refractivity contribution in [1.29, 1.82) is 0 Å². The monoisotopic (exact) mass is 423 g/mol. The maximum absolute atomic E-state index is 5.43. The quantitative estimate of drug-likeness (QED) is 0.571. The van der Waals surface area contributed by atoms with Crippen LogP contribution in [0.1, 0.15) is 16.8 Å². The van der Waals surface area contributed by atoms with Gasteiger partial charge in [0.1, 0.15) is 5.01 Å². The van der Waals surface area contributed by atoms with Crippen molar-refractivity contribution >= 4 is 17.0 Å². The van der Waals surface area contributed by atoms with E-state index in [1.54, 1.807) is 25.6 Å². The molecule has 1 aliphatic heterocycles. The Kier molecular flexibility index (Phi) is 6.25. The van der Waals surface area contributed by atoms with E-state index >= 15 is 0 Å². The number of anilines is 1. The standard InChI is InChI=1S/C24H29N3O2S/c1-17-6-5-7-21(18(17)2)27-12-10-26(11-13-27)15-20-16-30-24(25-20)19-8-9-22(28-3)23(14-19)29-4/h5-9,14,16H,10-13,15H2,1-4H3. The number of nitrogens with zero attached hydrogens (tertiary/aromatic N) is 3. The highest BCUT2D eigenvalue weighted by molar-refractivity contribution is 7.13. The van der Waals surface area contributed by atoms with Crippen molar-refractivity contribution in [1.82, 2.24) is 9.88 Å². The second-order valence-electron chi connectivity index (χ2n) is 7.70. The lowest BCUT2D eigenvalue weighted by Crippen LogP contribution is -2.46. The molecule has 0 spiro atoms. The van der Waals surface area contributed by atoms with Gasteiger partial charge in [-0.15, -0.1) is 11.3 Å². The second kappa shape index (κ2) is 9.06. The van der Waals surface area contributed by atoms with Crippen molar-refractivity contribution in [2.75, 3.05) is 45.3 Å². The highest BCUT2D eigenvalue weighted by Gasteiger charge is 2.20. The van der Waals surface area contributed by atoms with E-state index in [-0.39, 0.29) is 0 Å². The van der Waals surface area contributed by atoms with Crippen molar-refractivity contribution in [3.8, 4) is 22.1 Å². The van der Waals surface area contributed by atoms with Crippen LogP contribution in [0.2, 0.25) is 0 Å². The summed E-state index contributed by atoms with van der Waals surface area (Å²) in [6.45, 7) is 9.51. The van der Waals surface area contributed by atoms with E-state index < -0.39 is 0 Å². The van der Waals surface area contributed by atoms with Crippen LogP contribution in [0.4, 0.5) is 5.69 Å². The van der Waals surface area contributed by atoms with Gasteiger partial charge in [-0.1, -0.05) is 12.1 Å². The first kappa shape index (κ1) is 20.7. The molecule has 1 fully saturated rings. The third-order valence-corrected chi connectivity index (χ3v) is 6.80. The van der Waals surface area contributed by atoms with E-state index in [1.165, 1.54) is 16.8 Å². The van der Waals surface area contributed by atoms with Gasteiger partial charge in [0.05, 0.1) is 19.9 Å². The number of methoxy groups -OCH3 is 2. The van der Waals surface area contributed by atoms with Crippen LogP contribution in [-0.4, -0.2) is 50.3 Å². The van der Waals surface area contributed by atoms with Crippen LogP contribution in [0.3, 0.4) is 0 Å². The first-order valence-corrected chi connectivity index (χ1v) is 11.2. The van der Waals surface area contributed by atoms with Crippen molar-refractivity contribution in [3.63, 3.8) is 0 Å². The summed E-state index contributed by atoms with van der Waals surface area (Å²) in [6.07, 6.45) is 0. The molecule has 0 atom stereocenters. The van der Waals surface area contributed by atoms with Crippen LogP contribution in [0.5, 0.6) is 11.5 Å². The predicted molar refractivity (Wildman–Crippen MR) is 124 cm³/mol. The van der Waals surface area contributed by atoms with Crippen LogP contribution in [0, 0.1) is 13.8 Å². The number of thiazole rings is 1. The minimum atomic E-state index is 0.731. The van der Waals surface area contributed by atoms with E-state index in [0.717, 1.165) is 60.5 Å². The molecule has 0 N–H and O–H groups in total. The Balaban J connectivity index is 1.39. The largest absolute Gasteiger partial charge is 0.493 e. The van der Waals surface area contributed by atoms with Crippen LogP contribution in [0.25, 0.3) is 10.6 Å². The molecule has 0 amide bonds. The Hall–Kier alpha value is -2.57. The molecular formula is C24H29N3O2S. The number of hydrogen-bond acceptors (Lipinski definition) is 6. The van der Waals surface area contributed by atoms with Crippen molar-refractivity contribution in [3.05, 3.63) is 58.6 Å². The van der Waals surface area contributed by atoms with Gasteiger partial charge in [-0.05, 0) is 49.2 Å². The molecule has 0 bridgehead atoms. The highest BCUT2D eigenvalue weighted by atomic mass is 32.1. The van der Waals surface area contributed by atoms with E-state index in [2.05, 4.69) is 47.2 Å². The van der Waals surface area contributed by atoms with Gasteiger partial charge in [-0.25, -0.2) is 4.98 Å². The molecule has 4 rings (SSSR count). The summed E-state index contributed by atoms with van der Waals surface area (Å²) in [5, 5.41) is 3.18. The average Bonchev–Trinajstić information content (AvgIpc) is 3.24. The molecule has 6 heteroatoms. The third kappa shape index (κ3) is 4.30. The lowest BCUT2D eigenvalue weighted by atomic mass is 10.1. The molecule has 0 unspecified atom stereocenters. The molecular weight excluding hydrogens is 394 g/mol. The summed E-state index contributed by atoms with van der Waals surface area (Å²) in [7, 11) is 3.31. The molecule has 1 saturated heterocycles. The van der Waals surface area contributed by atoms with E-state index in [1.807, 2.05) is 18.2 Å². The number of piperazine rings is 1. The van der Waals surface area contributed by atoms with Gasteiger partial charge in [0.25, 0.3) is 0 Å². The van der Waals surface area contributed by atoms with E-state index in [4.69, 9.17) is 14.5 Å². The molecule has 1 aliphatic rings. The zero-order valence-electron chi connectivity index (χ0n) is 18.1. The summed E-state index contributed by atoms with van der Waals surface area (Å²) < 4.78 is 10.8. The predicted octanol–water partition coefficient (Wildman–Crippen LogP) is 4.77. The fourth-order valence-electron chi connectivity index (χ4n) is 3.94. The van der Waals surface area contributed by atoms with Gasteiger partial charge in [-0.2, -0.15) is 0 Å². The minimum absolute atomic E-state index is 0.731. The molecule has 2 heterocycles. The smallest absolute Gasteiger partial charge is 0.161 e. The zero-order chi connectivity index (χ0) is 21.1. The topological polar surface area (TPSA) is 37.8 Å². The van der Waals surface area contributed by atoms with Crippen LogP contribution >= 0.6 is 11.3 Å². The van der Waals surface area contributed by atoms with Crippen LogP contribution in [-0.2, 0) is 6.54 Å². The van der Waals surface area contributed by atoms with Gasteiger partial charge in [0.15, 0.2) is 11.5 Å². The lowest BCUT2D eigenvalue weighted by Gasteiger charge is -2.36. The SMILES string of the molecule is COc1ccc(-c2nc(CN3CCN(c4cccc(C)c4C)CC3)cs2)cc1OC. The fourth-order valence-corrected chi connectivity index (χ4v) is 4.74. The minimum Gasteiger partial charge on any atom is -0.493 e. The Bertz CT molecular complexity index is 1010. The van der Waals surface area contributed by atoms with Crippen molar-refractivity contribution in [2.45, 2.75) is 20.4 Å². The Morgan fingerprint density at radius 2 is 1.73 bits per heavy atom. The number of hydrogen-bond donors (Lipinski definition) is 0. The molecule has 0 aliphatic carbocycles. The second-order valence-corrected chi connectivity index (χ2v) is 8.55. The van der Waals surface area contributed by atoms with Gasteiger partial charge in [-0.3, -0.25) is 4.90 Å². The van der Waals surface area contributed by atoms with Gasteiger partial charge < -0.3 is 14.4 Å². The number of benzene rings is 2. The Labute approximate surface area is 182 Å². The van der Waals surface area contributed by atoms with E-state index in [9.17, 15) is 0 Å². The third-order valence-electron chi connectivity index (χ3n) is 5.86. The van der Waals surface area contributed by atoms with Crippen molar-refractivity contribution in [2.24, 2.45) is 0 Å². The van der Waals surface area contributed by atoms with Crippen molar-refractivity contribution < 1.29 is 9.47 Å². The normalized spacial score (nSPS) is 14.7. The number of aryl methyl sites for hydroxylation is 1. The molecule has 30 heavy (non-hydrogen) atoms. The van der Waals surface area contributed by atoms with E-state index in [0.29, 0.717) is 0 Å². The Morgan fingerprint density at radius 1 is 0.967 bits per heavy atom. The fraction of sp³-hybridized carbons (Fsp3) is 0.375. The molecule has 2 aromatic carbocycles. The molecule has 5 nitrogen and oxygen atoms in total. The maximum Gasteiger partial charge on any atom is 0.161 e. The summed E-state index contributed by atoms with van der Waals surface area (Å²) in [6, 6.07) is 12.6. The molecule has 0 saturated carbocycles.